The summed E-state index contributed by atoms with van der Waals surface area (Å²) in [6.07, 6.45) is 12.3. The summed E-state index contributed by atoms with van der Waals surface area (Å²) in [7, 11) is 0. The summed E-state index contributed by atoms with van der Waals surface area (Å²) < 4.78 is -0.443. The van der Waals surface area contributed by atoms with E-state index in [1.807, 2.05) is 0 Å². The van der Waals surface area contributed by atoms with E-state index >= 15 is 0 Å². The normalized spacial score (nSPS) is 11.7. The minimum atomic E-state index is -1.18. The van der Waals surface area contributed by atoms with Gasteiger partial charge in [0.15, 0.2) is 19.6 Å². The van der Waals surface area contributed by atoms with Crippen molar-refractivity contribution in [3.05, 3.63) is 12.2 Å². The molecule has 25 heavy (non-hydrogen) atoms. The van der Waals surface area contributed by atoms with Gasteiger partial charge in [0.05, 0.1) is 6.54 Å². The third-order valence-corrected chi connectivity index (χ3v) is 4.07. The van der Waals surface area contributed by atoms with Gasteiger partial charge < -0.3 is 15.3 Å². The van der Waals surface area contributed by atoms with Crippen LogP contribution in [0.15, 0.2) is 12.2 Å². The Morgan fingerprint density at radius 1 is 0.720 bits per heavy atom. The van der Waals surface area contributed by atoms with E-state index < -0.39 is 42.0 Å². The van der Waals surface area contributed by atoms with E-state index in [0.29, 0.717) is 6.42 Å². The second-order valence-corrected chi connectivity index (χ2v) is 6.51. The van der Waals surface area contributed by atoms with Crippen LogP contribution in [-0.4, -0.2) is 63.9 Å². The van der Waals surface area contributed by atoms with Crippen molar-refractivity contribution < 1.29 is 34.2 Å². The molecule has 0 rings (SSSR count). The summed E-state index contributed by atoms with van der Waals surface area (Å²) in [5.74, 6) is -3.53. The smallest absolute Gasteiger partial charge is 0.359 e. The number of carboxylic acids is 3. The molecule has 144 valence electrons. The number of allylic oxidation sites excluding steroid dienone is 2. The Bertz CT molecular complexity index is 406. The molecule has 0 radical (unpaired) electrons. The number of aliphatic carboxylic acids is 3. The lowest BCUT2D eigenvalue weighted by molar-refractivity contribution is -0.907. The first-order valence-electron chi connectivity index (χ1n) is 8.97. The summed E-state index contributed by atoms with van der Waals surface area (Å²) in [6, 6.07) is 0. The van der Waals surface area contributed by atoms with Crippen LogP contribution in [0.25, 0.3) is 0 Å². The average molecular weight is 358 g/mol. The van der Waals surface area contributed by atoms with Crippen LogP contribution in [0.4, 0.5) is 0 Å². The summed E-state index contributed by atoms with van der Waals surface area (Å²) in [4.78, 5) is 33.2. The van der Waals surface area contributed by atoms with Gasteiger partial charge in [0, 0.05) is 0 Å². The zero-order chi connectivity index (χ0) is 19.1. The molecule has 0 amide bonds. The number of carbonyl (C=O) groups is 3. The third-order valence-electron chi connectivity index (χ3n) is 4.07. The molecule has 0 heterocycles. The molecule has 0 saturated heterocycles. The van der Waals surface area contributed by atoms with Crippen LogP contribution in [0.5, 0.6) is 0 Å². The Labute approximate surface area is 149 Å². The molecule has 0 spiro atoms. The largest absolute Gasteiger partial charge is 0.477 e. The molecular formula is C18H32NO6+. The van der Waals surface area contributed by atoms with E-state index in [1.54, 1.807) is 0 Å². The van der Waals surface area contributed by atoms with Crippen LogP contribution in [0.2, 0.25) is 0 Å². The Morgan fingerprint density at radius 2 is 1.16 bits per heavy atom. The highest BCUT2D eigenvalue weighted by Crippen LogP contribution is 2.13. The summed E-state index contributed by atoms with van der Waals surface area (Å²) in [5.41, 5.74) is 0. The van der Waals surface area contributed by atoms with Crippen molar-refractivity contribution in [2.24, 2.45) is 0 Å². The zero-order valence-electron chi connectivity index (χ0n) is 15.2. The topological polar surface area (TPSA) is 112 Å². The molecule has 3 N–H and O–H groups in total. The molecule has 0 aromatic heterocycles. The Hall–Kier alpha value is -1.89. The second kappa shape index (κ2) is 13.4. The molecule has 0 aliphatic carbocycles. The molecule has 0 fully saturated rings. The predicted molar refractivity (Wildman–Crippen MR) is 94.4 cm³/mol. The van der Waals surface area contributed by atoms with Crippen molar-refractivity contribution in [2.75, 3.05) is 26.2 Å². The Balaban J connectivity index is 4.28. The molecule has 0 aliphatic rings. The van der Waals surface area contributed by atoms with Crippen LogP contribution >= 0.6 is 0 Å². The van der Waals surface area contributed by atoms with E-state index in [4.69, 9.17) is 15.3 Å². The minimum Gasteiger partial charge on any atom is -0.477 e. The number of hydrogen-bond donors (Lipinski definition) is 3. The van der Waals surface area contributed by atoms with Crippen molar-refractivity contribution in [3.8, 4) is 0 Å². The van der Waals surface area contributed by atoms with Gasteiger partial charge in [-0.05, 0) is 32.1 Å². The standard InChI is InChI=1S/C18H31NO6/c1-2-3-4-5-6-7-8-9-10-11-12-19(13-16(20)21,14-17(22)23)15-18(24)25/h3-4H,2,5-15H2,1H3,(H2-,20,21,22,23,24,25)/p+1/b4-3+. The van der Waals surface area contributed by atoms with E-state index in [9.17, 15) is 14.4 Å². The molecule has 0 unspecified atom stereocenters. The minimum absolute atomic E-state index is 0.254. The van der Waals surface area contributed by atoms with Crippen molar-refractivity contribution in [3.63, 3.8) is 0 Å². The number of hydrogen-bond acceptors (Lipinski definition) is 3. The van der Waals surface area contributed by atoms with E-state index in [1.165, 1.54) is 0 Å². The SMILES string of the molecule is CC/C=C/CCCCCCCC[N+](CC(=O)O)(CC(=O)O)CC(=O)O. The summed E-state index contributed by atoms with van der Waals surface area (Å²) in [6.45, 7) is 0.908. The monoisotopic (exact) mass is 358 g/mol. The first kappa shape index (κ1) is 23.1. The Morgan fingerprint density at radius 3 is 1.60 bits per heavy atom. The van der Waals surface area contributed by atoms with Gasteiger partial charge in [0.25, 0.3) is 0 Å². The first-order valence-corrected chi connectivity index (χ1v) is 8.97. The second-order valence-electron chi connectivity index (χ2n) is 6.51. The molecule has 0 aliphatic heterocycles. The van der Waals surface area contributed by atoms with Gasteiger partial charge >= 0.3 is 17.9 Å². The molecule has 0 aromatic rings. The van der Waals surface area contributed by atoms with Gasteiger partial charge in [-0.2, -0.15) is 0 Å². The van der Waals surface area contributed by atoms with Gasteiger partial charge in [-0.3, -0.25) is 4.48 Å². The van der Waals surface area contributed by atoms with Crippen LogP contribution < -0.4 is 0 Å². The van der Waals surface area contributed by atoms with Gasteiger partial charge in [-0.15, -0.1) is 0 Å². The highest BCUT2D eigenvalue weighted by Gasteiger charge is 2.35. The van der Waals surface area contributed by atoms with Crippen LogP contribution in [0, 0.1) is 0 Å². The molecular weight excluding hydrogens is 326 g/mol. The molecule has 0 bridgehead atoms. The quantitative estimate of drug-likeness (QED) is 0.222. The van der Waals surface area contributed by atoms with Crippen LogP contribution in [-0.2, 0) is 14.4 Å². The summed E-state index contributed by atoms with van der Waals surface area (Å²) >= 11 is 0. The lowest BCUT2D eigenvalue weighted by Crippen LogP contribution is -2.57. The van der Waals surface area contributed by atoms with Crippen LogP contribution in [0.3, 0.4) is 0 Å². The number of unbranched alkanes of at least 4 members (excludes halogenated alkanes) is 6. The Kier molecular flexibility index (Phi) is 12.4. The fourth-order valence-electron chi connectivity index (χ4n) is 2.97. The molecule has 0 atom stereocenters. The fraction of sp³-hybridized carbons (Fsp3) is 0.722. The maximum absolute atomic E-state index is 11.1. The maximum atomic E-state index is 11.1. The first-order chi connectivity index (χ1) is 11.8. The maximum Gasteiger partial charge on any atom is 0.359 e. The van der Waals surface area contributed by atoms with Crippen molar-refractivity contribution >= 4 is 17.9 Å². The molecule has 7 heteroatoms. The van der Waals surface area contributed by atoms with Crippen LogP contribution in [0.1, 0.15) is 58.3 Å². The van der Waals surface area contributed by atoms with Gasteiger partial charge in [-0.1, -0.05) is 38.3 Å². The third kappa shape index (κ3) is 13.1. The number of quaternary nitrogens is 1. The van der Waals surface area contributed by atoms with Gasteiger partial charge in [0.2, 0.25) is 0 Å². The zero-order valence-corrected chi connectivity index (χ0v) is 15.2. The molecule has 7 nitrogen and oxygen atoms in total. The van der Waals surface area contributed by atoms with E-state index in [0.717, 1.165) is 44.9 Å². The van der Waals surface area contributed by atoms with Gasteiger partial charge in [0.1, 0.15) is 0 Å². The van der Waals surface area contributed by atoms with E-state index in [-0.39, 0.29) is 6.54 Å². The fourth-order valence-corrected chi connectivity index (χ4v) is 2.97. The lowest BCUT2D eigenvalue weighted by atomic mass is 10.1. The average Bonchev–Trinajstić information content (AvgIpc) is 2.47. The van der Waals surface area contributed by atoms with Crippen molar-refractivity contribution in [1.82, 2.24) is 0 Å². The lowest BCUT2D eigenvalue weighted by Gasteiger charge is -2.34. The predicted octanol–water partition coefficient (Wildman–Crippen LogP) is 2.75. The van der Waals surface area contributed by atoms with E-state index in [2.05, 4.69) is 19.1 Å². The highest BCUT2D eigenvalue weighted by atomic mass is 16.4. The molecule has 0 aromatic carbocycles. The van der Waals surface area contributed by atoms with Crippen molar-refractivity contribution in [1.29, 1.82) is 0 Å². The molecule has 0 saturated carbocycles. The number of nitrogens with zero attached hydrogens (tertiary/aromatic N) is 1. The highest BCUT2D eigenvalue weighted by molar-refractivity contribution is 5.73. The van der Waals surface area contributed by atoms with Crippen molar-refractivity contribution in [2.45, 2.75) is 58.3 Å². The number of carboxylic acid groups (broad SMARTS) is 3. The summed E-state index contributed by atoms with van der Waals surface area (Å²) in [5, 5.41) is 27.1. The van der Waals surface area contributed by atoms with Gasteiger partial charge in [-0.25, -0.2) is 14.4 Å². The number of rotatable bonds is 16.